The molecule has 2 aromatic rings. The Bertz CT molecular complexity index is 897. The van der Waals surface area contributed by atoms with Gasteiger partial charge < -0.3 is 19.1 Å². The molecule has 0 N–H and O–H groups in total. The largest absolute Gasteiger partial charge is 0.497 e. The molecule has 0 aromatic heterocycles. The van der Waals surface area contributed by atoms with Crippen molar-refractivity contribution in [1.82, 2.24) is 4.90 Å². The summed E-state index contributed by atoms with van der Waals surface area (Å²) in [6, 6.07) is 11.1. The van der Waals surface area contributed by atoms with Gasteiger partial charge in [0.15, 0.2) is 6.10 Å². The van der Waals surface area contributed by atoms with Crippen molar-refractivity contribution in [2.45, 2.75) is 19.6 Å². The fraction of sp³-hybridized carbons (Fsp3) is 0.273. The lowest BCUT2D eigenvalue weighted by molar-refractivity contribution is -0.154. The predicted octanol–water partition coefficient (Wildman–Crippen LogP) is 3.45. The zero-order valence-corrected chi connectivity index (χ0v) is 16.8. The van der Waals surface area contributed by atoms with Gasteiger partial charge in [-0.3, -0.25) is 4.79 Å². The Balaban J connectivity index is 1.95. The number of likely N-dealkylation sites (N-methyl/N-ethyl adjacent to an activating group) is 1. The first kappa shape index (κ1) is 21.9. The first-order valence-corrected chi connectivity index (χ1v) is 8.94. The van der Waals surface area contributed by atoms with Crippen LogP contribution in [0.4, 0.5) is 4.39 Å². The average molecular weight is 401 g/mol. The molecule has 154 valence electrons. The molecule has 0 saturated heterocycles. The van der Waals surface area contributed by atoms with Crippen LogP contribution in [0.25, 0.3) is 6.08 Å². The summed E-state index contributed by atoms with van der Waals surface area (Å²) in [5.41, 5.74) is 1.30. The number of ether oxygens (including phenoxy) is 3. The number of rotatable bonds is 8. The standard InChI is InChI=1S/C22H24FNO5/c1-15(22(26)24(2)14-16-6-5-7-18(23)12-16)29-21(25)11-9-17-8-10-19(27-3)13-20(17)28-4/h5-13,15H,14H2,1-4H3/b11-9+. The number of benzene rings is 2. The molecule has 0 aliphatic rings. The third kappa shape index (κ3) is 6.34. The first-order valence-electron chi connectivity index (χ1n) is 8.94. The number of carbonyl (C=O) groups is 2. The fourth-order valence-electron chi connectivity index (χ4n) is 2.68. The van der Waals surface area contributed by atoms with Gasteiger partial charge in [0.25, 0.3) is 5.91 Å². The van der Waals surface area contributed by atoms with Gasteiger partial charge in [-0.1, -0.05) is 12.1 Å². The second kappa shape index (κ2) is 10.3. The van der Waals surface area contributed by atoms with Crippen LogP contribution >= 0.6 is 0 Å². The van der Waals surface area contributed by atoms with Crippen molar-refractivity contribution in [1.29, 1.82) is 0 Å². The van der Waals surface area contributed by atoms with Gasteiger partial charge in [-0.2, -0.15) is 0 Å². The van der Waals surface area contributed by atoms with Crippen molar-refractivity contribution in [3.8, 4) is 11.5 Å². The molecule has 0 radical (unpaired) electrons. The van der Waals surface area contributed by atoms with Crippen molar-refractivity contribution in [3.05, 3.63) is 65.5 Å². The Morgan fingerprint density at radius 1 is 1.14 bits per heavy atom. The van der Waals surface area contributed by atoms with Crippen LogP contribution in [-0.2, 0) is 20.9 Å². The van der Waals surface area contributed by atoms with Crippen LogP contribution in [0.1, 0.15) is 18.1 Å². The summed E-state index contributed by atoms with van der Waals surface area (Å²) in [4.78, 5) is 25.9. The molecule has 1 unspecified atom stereocenters. The third-order valence-corrected chi connectivity index (χ3v) is 4.17. The van der Waals surface area contributed by atoms with Gasteiger partial charge in [0, 0.05) is 31.3 Å². The number of esters is 1. The molecular weight excluding hydrogens is 377 g/mol. The molecule has 1 atom stereocenters. The molecule has 2 aromatic carbocycles. The molecule has 0 aliphatic carbocycles. The van der Waals surface area contributed by atoms with Crippen LogP contribution in [0.5, 0.6) is 11.5 Å². The van der Waals surface area contributed by atoms with Gasteiger partial charge in [-0.15, -0.1) is 0 Å². The fourth-order valence-corrected chi connectivity index (χ4v) is 2.68. The maximum Gasteiger partial charge on any atom is 0.331 e. The summed E-state index contributed by atoms with van der Waals surface area (Å²) >= 11 is 0. The topological polar surface area (TPSA) is 65.1 Å². The molecule has 1 amide bonds. The summed E-state index contributed by atoms with van der Waals surface area (Å²) in [7, 11) is 4.63. The minimum atomic E-state index is -0.983. The van der Waals surface area contributed by atoms with Crippen molar-refractivity contribution >= 4 is 18.0 Å². The zero-order valence-electron chi connectivity index (χ0n) is 16.8. The van der Waals surface area contributed by atoms with Gasteiger partial charge in [0.1, 0.15) is 17.3 Å². The van der Waals surface area contributed by atoms with E-state index in [-0.39, 0.29) is 12.4 Å². The van der Waals surface area contributed by atoms with Gasteiger partial charge in [-0.05, 0) is 42.8 Å². The summed E-state index contributed by atoms with van der Waals surface area (Å²) in [5.74, 6) is -0.266. The Labute approximate surface area is 169 Å². The smallest absolute Gasteiger partial charge is 0.331 e. The SMILES string of the molecule is COc1ccc(/C=C/C(=O)OC(C)C(=O)N(C)Cc2cccc(F)c2)c(OC)c1. The lowest BCUT2D eigenvalue weighted by atomic mass is 10.1. The van der Waals surface area contributed by atoms with Crippen molar-refractivity contribution < 1.29 is 28.2 Å². The van der Waals surface area contributed by atoms with Crippen LogP contribution in [0.2, 0.25) is 0 Å². The van der Waals surface area contributed by atoms with E-state index in [2.05, 4.69) is 0 Å². The molecule has 0 fully saturated rings. The van der Waals surface area contributed by atoms with Crippen molar-refractivity contribution in [2.24, 2.45) is 0 Å². The average Bonchev–Trinajstić information content (AvgIpc) is 2.71. The van der Waals surface area contributed by atoms with E-state index in [1.807, 2.05) is 0 Å². The van der Waals surface area contributed by atoms with E-state index >= 15 is 0 Å². The highest BCUT2D eigenvalue weighted by atomic mass is 19.1. The number of nitrogens with zero attached hydrogens (tertiary/aromatic N) is 1. The number of amides is 1. The van der Waals surface area contributed by atoms with Gasteiger partial charge >= 0.3 is 5.97 Å². The second-order valence-electron chi connectivity index (χ2n) is 6.34. The van der Waals surface area contributed by atoms with E-state index in [1.54, 1.807) is 44.5 Å². The quantitative estimate of drug-likeness (QED) is 0.501. The Morgan fingerprint density at radius 2 is 1.90 bits per heavy atom. The van der Waals surface area contributed by atoms with Gasteiger partial charge in [0.05, 0.1) is 14.2 Å². The highest BCUT2D eigenvalue weighted by Gasteiger charge is 2.21. The molecule has 2 rings (SSSR count). The van der Waals surface area contributed by atoms with Crippen LogP contribution in [0, 0.1) is 5.82 Å². The molecule has 6 nitrogen and oxygen atoms in total. The van der Waals surface area contributed by atoms with Crippen LogP contribution in [0.3, 0.4) is 0 Å². The third-order valence-electron chi connectivity index (χ3n) is 4.17. The van der Waals surface area contributed by atoms with E-state index in [0.29, 0.717) is 22.6 Å². The zero-order chi connectivity index (χ0) is 21.4. The number of carbonyl (C=O) groups excluding carboxylic acids is 2. The Hall–Kier alpha value is -3.35. The highest BCUT2D eigenvalue weighted by molar-refractivity contribution is 5.90. The maximum absolute atomic E-state index is 13.3. The monoisotopic (exact) mass is 401 g/mol. The molecule has 0 spiro atoms. The molecule has 0 saturated carbocycles. The van der Waals surface area contributed by atoms with Crippen LogP contribution in [0.15, 0.2) is 48.5 Å². The molecule has 0 heterocycles. The first-order chi connectivity index (χ1) is 13.8. The predicted molar refractivity (Wildman–Crippen MR) is 107 cm³/mol. The highest BCUT2D eigenvalue weighted by Crippen LogP contribution is 2.25. The minimum Gasteiger partial charge on any atom is -0.497 e. The van der Waals surface area contributed by atoms with Gasteiger partial charge in [-0.25, -0.2) is 9.18 Å². The molecule has 0 aliphatic heterocycles. The van der Waals surface area contributed by atoms with E-state index in [4.69, 9.17) is 14.2 Å². The number of halogens is 1. The number of hydrogen-bond acceptors (Lipinski definition) is 5. The number of methoxy groups -OCH3 is 2. The summed E-state index contributed by atoms with van der Waals surface area (Å²) in [5, 5.41) is 0. The lowest BCUT2D eigenvalue weighted by Gasteiger charge is -2.21. The molecule has 29 heavy (non-hydrogen) atoms. The molecule has 0 bridgehead atoms. The van der Waals surface area contributed by atoms with Crippen molar-refractivity contribution in [3.63, 3.8) is 0 Å². The normalized spacial score (nSPS) is 11.8. The van der Waals surface area contributed by atoms with E-state index in [1.165, 1.54) is 43.2 Å². The summed E-state index contributed by atoms with van der Waals surface area (Å²) < 4.78 is 28.8. The Morgan fingerprint density at radius 3 is 2.55 bits per heavy atom. The van der Waals surface area contributed by atoms with E-state index in [0.717, 1.165) is 0 Å². The lowest BCUT2D eigenvalue weighted by Crippen LogP contribution is -2.36. The summed E-state index contributed by atoms with van der Waals surface area (Å²) in [6.07, 6.45) is 1.78. The Kier molecular flexibility index (Phi) is 7.77. The van der Waals surface area contributed by atoms with Gasteiger partial charge in [0.2, 0.25) is 0 Å². The molecule has 7 heteroatoms. The van der Waals surface area contributed by atoms with Crippen LogP contribution < -0.4 is 9.47 Å². The number of hydrogen-bond donors (Lipinski definition) is 0. The maximum atomic E-state index is 13.3. The van der Waals surface area contributed by atoms with Crippen LogP contribution in [-0.4, -0.2) is 44.1 Å². The van der Waals surface area contributed by atoms with E-state index < -0.39 is 18.0 Å². The van der Waals surface area contributed by atoms with E-state index in [9.17, 15) is 14.0 Å². The molecular formula is C22H24FNO5. The summed E-state index contributed by atoms with van der Waals surface area (Å²) in [6.45, 7) is 1.70. The van der Waals surface area contributed by atoms with Crippen molar-refractivity contribution in [2.75, 3.05) is 21.3 Å². The second-order valence-corrected chi connectivity index (χ2v) is 6.34. The minimum absolute atomic E-state index is 0.206.